The summed E-state index contributed by atoms with van der Waals surface area (Å²) in [5.74, 6) is 1.35. The van der Waals surface area contributed by atoms with Gasteiger partial charge in [-0.1, -0.05) is 45.6 Å². The van der Waals surface area contributed by atoms with Gasteiger partial charge in [-0.15, -0.1) is 0 Å². The normalized spacial score (nSPS) is 21.0. The number of rotatable bonds is 8. The van der Waals surface area contributed by atoms with Crippen LogP contribution in [0.1, 0.15) is 76.8 Å². The second kappa shape index (κ2) is 10.7. The number of carbonyl (C=O) groups excluding carboxylic acids is 2. The smallest absolute Gasteiger partial charge is 0.250 e. The first-order valence-corrected chi connectivity index (χ1v) is 11.5. The van der Waals surface area contributed by atoms with Gasteiger partial charge in [0.15, 0.2) is 11.5 Å². The molecule has 1 aliphatic heterocycles. The summed E-state index contributed by atoms with van der Waals surface area (Å²) in [4.78, 5) is 30.4. The number of nitrogens with zero attached hydrogens (tertiary/aromatic N) is 2. The summed E-state index contributed by atoms with van der Waals surface area (Å²) in [7, 11) is 1.60. The third-order valence-electron chi connectivity index (χ3n) is 6.15. The highest BCUT2D eigenvalue weighted by molar-refractivity contribution is 5.96. The Morgan fingerprint density at radius 1 is 1.00 bits per heavy atom. The number of piperazine rings is 1. The van der Waals surface area contributed by atoms with Gasteiger partial charge in [0.25, 0.3) is 5.91 Å². The van der Waals surface area contributed by atoms with Crippen LogP contribution in [0.15, 0.2) is 18.2 Å². The molecule has 2 fully saturated rings. The van der Waals surface area contributed by atoms with Crippen molar-refractivity contribution in [2.45, 2.75) is 77.3 Å². The molecule has 1 aromatic carbocycles. The lowest BCUT2D eigenvalue weighted by Gasteiger charge is -2.43. The standard InChI is InChI=1S/C24H36N2O4/c1-4-14-25-22(27)17-26(19-10-8-6-7-9-11-19)24(28)23(25)18-12-13-20(30-15-5-2)21(16-18)29-3/h12-13,16,19,23H,4-11,14-15,17H2,1-3H3/t23-/m0/s1. The average molecular weight is 417 g/mol. The monoisotopic (exact) mass is 416 g/mol. The molecule has 166 valence electrons. The first-order valence-electron chi connectivity index (χ1n) is 11.5. The Bertz CT molecular complexity index is 728. The van der Waals surface area contributed by atoms with Crippen molar-refractivity contribution < 1.29 is 19.1 Å². The highest BCUT2D eigenvalue weighted by atomic mass is 16.5. The predicted octanol–water partition coefficient (Wildman–Crippen LogP) is 4.33. The Hall–Kier alpha value is -2.24. The van der Waals surface area contributed by atoms with Crippen LogP contribution < -0.4 is 9.47 Å². The molecule has 0 aromatic heterocycles. The van der Waals surface area contributed by atoms with Crippen LogP contribution in [0.4, 0.5) is 0 Å². The second-order valence-corrected chi connectivity index (χ2v) is 8.36. The van der Waals surface area contributed by atoms with Crippen LogP contribution in [0.2, 0.25) is 0 Å². The Kier molecular flexibility index (Phi) is 8.00. The van der Waals surface area contributed by atoms with Crippen molar-refractivity contribution in [3.63, 3.8) is 0 Å². The molecule has 1 saturated carbocycles. The van der Waals surface area contributed by atoms with Crippen LogP contribution in [0.3, 0.4) is 0 Å². The van der Waals surface area contributed by atoms with E-state index in [0.29, 0.717) is 24.7 Å². The van der Waals surface area contributed by atoms with Crippen molar-refractivity contribution >= 4 is 11.8 Å². The largest absolute Gasteiger partial charge is 0.493 e. The zero-order valence-electron chi connectivity index (χ0n) is 18.7. The summed E-state index contributed by atoms with van der Waals surface area (Å²) in [6, 6.07) is 5.20. The van der Waals surface area contributed by atoms with E-state index in [1.807, 2.05) is 30.0 Å². The van der Waals surface area contributed by atoms with Gasteiger partial charge in [0.05, 0.1) is 13.7 Å². The molecule has 2 amide bonds. The summed E-state index contributed by atoms with van der Waals surface area (Å²) in [5, 5.41) is 0. The van der Waals surface area contributed by atoms with E-state index in [-0.39, 0.29) is 24.4 Å². The van der Waals surface area contributed by atoms with Crippen molar-refractivity contribution in [1.29, 1.82) is 0 Å². The average Bonchev–Trinajstić information content (AvgIpc) is 3.04. The highest BCUT2D eigenvalue weighted by Crippen LogP contribution is 2.36. The molecule has 0 spiro atoms. The second-order valence-electron chi connectivity index (χ2n) is 8.36. The molecule has 6 heteroatoms. The van der Waals surface area contributed by atoms with E-state index in [0.717, 1.165) is 44.1 Å². The molecule has 6 nitrogen and oxygen atoms in total. The molecular formula is C24H36N2O4. The van der Waals surface area contributed by atoms with Crippen molar-refractivity contribution in [2.24, 2.45) is 0 Å². The molecule has 0 unspecified atom stereocenters. The number of ether oxygens (including phenoxy) is 2. The fourth-order valence-corrected chi connectivity index (χ4v) is 4.63. The quantitative estimate of drug-likeness (QED) is 0.592. The molecular weight excluding hydrogens is 380 g/mol. The van der Waals surface area contributed by atoms with E-state index in [1.54, 1.807) is 12.0 Å². The van der Waals surface area contributed by atoms with Crippen molar-refractivity contribution in [3.8, 4) is 11.5 Å². The predicted molar refractivity (Wildman–Crippen MR) is 117 cm³/mol. The lowest BCUT2D eigenvalue weighted by molar-refractivity contribution is -0.159. The van der Waals surface area contributed by atoms with Gasteiger partial charge >= 0.3 is 0 Å². The van der Waals surface area contributed by atoms with Gasteiger partial charge in [-0.05, 0) is 43.4 Å². The van der Waals surface area contributed by atoms with Gasteiger partial charge in [-0.3, -0.25) is 9.59 Å². The highest BCUT2D eigenvalue weighted by Gasteiger charge is 2.42. The minimum Gasteiger partial charge on any atom is -0.493 e. The number of hydrogen-bond acceptors (Lipinski definition) is 4. The van der Waals surface area contributed by atoms with Gasteiger partial charge < -0.3 is 19.3 Å². The van der Waals surface area contributed by atoms with E-state index in [1.165, 1.54) is 12.8 Å². The van der Waals surface area contributed by atoms with E-state index < -0.39 is 6.04 Å². The minimum absolute atomic E-state index is 0.0379. The molecule has 1 saturated heterocycles. The summed E-state index contributed by atoms with van der Waals surface area (Å²) in [5.41, 5.74) is 0.792. The molecule has 1 heterocycles. The van der Waals surface area contributed by atoms with E-state index >= 15 is 0 Å². The van der Waals surface area contributed by atoms with E-state index in [9.17, 15) is 9.59 Å². The number of methoxy groups -OCH3 is 1. The van der Waals surface area contributed by atoms with Crippen LogP contribution >= 0.6 is 0 Å². The maximum atomic E-state index is 13.7. The van der Waals surface area contributed by atoms with Crippen LogP contribution in [-0.4, -0.2) is 54.5 Å². The summed E-state index contributed by atoms with van der Waals surface area (Å²) in [6.45, 7) is 5.47. The molecule has 2 aliphatic rings. The lowest BCUT2D eigenvalue weighted by atomic mass is 9.97. The number of amides is 2. The summed E-state index contributed by atoms with van der Waals surface area (Å²) < 4.78 is 11.3. The first-order chi connectivity index (χ1) is 14.6. The number of benzene rings is 1. The number of hydrogen-bond donors (Lipinski definition) is 0. The fourth-order valence-electron chi connectivity index (χ4n) is 4.63. The van der Waals surface area contributed by atoms with Crippen LogP contribution in [0.5, 0.6) is 11.5 Å². The van der Waals surface area contributed by atoms with Crippen molar-refractivity contribution in [1.82, 2.24) is 9.80 Å². The van der Waals surface area contributed by atoms with E-state index in [2.05, 4.69) is 6.92 Å². The fraction of sp³-hybridized carbons (Fsp3) is 0.667. The summed E-state index contributed by atoms with van der Waals surface area (Å²) in [6.07, 6.45) is 8.39. The maximum absolute atomic E-state index is 13.7. The van der Waals surface area contributed by atoms with Crippen molar-refractivity contribution in [2.75, 3.05) is 26.8 Å². The molecule has 0 N–H and O–H groups in total. The van der Waals surface area contributed by atoms with Gasteiger partial charge in [0.1, 0.15) is 12.6 Å². The first kappa shape index (κ1) is 22.4. The van der Waals surface area contributed by atoms with Crippen LogP contribution in [0.25, 0.3) is 0 Å². The van der Waals surface area contributed by atoms with Crippen LogP contribution in [-0.2, 0) is 9.59 Å². The molecule has 3 rings (SSSR count). The Balaban J connectivity index is 1.93. The Labute approximate surface area is 180 Å². The van der Waals surface area contributed by atoms with E-state index in [4.69, 9.17) is 9.47 Å². The Morgan fingerprint density at radius 2 is 1.73 bits per heavy atom. The van der Waals surface area contributed by atoms with Gasteiger partial charge in [-0.2, -0.15) is 0 Å². The third kappa shape index (κ3) is 4.90. The van der Waals surface area contributed by atoms with Crippen LogP contribution in [0, 0.1) is 0 Å². The zero-order chi connectivity index (χ0) is 21.5. The summed E-state index contributed by atoms with van der Waals surface area (Å²) >= 11 is 0. The van der Waals surface area contributed by atoms with Gasteiger partial charge in [-0.25, -0.2) is 0 Å². The lowest BCUT2D eigenvalue weighted by Crippen LogP contribution is -2.58. The molecule has 1 atom stereocenters. The SMILES string of the molecule is CCCOc1ccc([C@H]2C(=O)N(C3CCCCCC3)CC(=O)N2CCC)cc1OC. The minimum atomic E-state index is -0.594. The molecule has 0 radical (unpaired) electrons. The topological polar surface area (TPSA) is 59.1 Å². The molecule has 1 aromatic rings. The molecule has 1 aliphatic carbocycles. The molecule has 30 heavy (non-hydrogen) atoms. The zero-order valence-corrected chi connectivity index (χ0v) is 18.7. The Morgan fingerprint density at radius 3 is 2.37 bits per heavy atom. The van der Waals surface area contributed by atoms with Gasteiger partial charge in [0.2, 0.25) is 5.91 Å². The third-order valence-corrected chi connectivity index (χ3v) is 6.15. The van der Waals surface area contributed by atoms with Gasteiger partial charge in [0, 0.05) is 12.6 Å². The maximum Gasteiger partial charge on any atom is 0.250 e. The molecule has 0 bridgehead atoms. The van der Waals surface area contributed by atoms with Crippen molar-refractivity contribution in [3.05, 3.63) is 23.8 Å². The number of carbonyl (C=O) groups is 2.